The Balaban J connectivity index is 1.72. The average molecular weight is 276 g/mol. The quantitative estimate of drug-likeness (QED) is 0.868. The molecule has 4 nitrogen and oxygen atoms in total. The minimum atomic E-state index is -0.335. The Bertz CT molecular complexity index is 411. The van der Waals surface area contributed by atoms with E-state index in [1.165, 1.54) is 37.1 Å². The van der Waals surface area contributed by atoms with Gasteiger partial charge in [-0.2, -0.15) is 0 Å². The molecule has 2 rings (SSSR count). The number of carbonyl (C=O) groups excluding carboxylic acids is 1. The van der Waals surface area contributed by atoms with Crippen LogP contribution >= 0.6 is 0 Å². The highest BCUT2D eigenvalue weighted by molar-refractivity contribution is 5.67. The summed E-state index contributed by atoms with van der Waals surface area (Å²) in [6.45, 7) is 6.35. The number of hydrogen-bond acceptors (Lipinski definition) is 3. The van der Waals surface area contributed by atoms with Crippen molar-refractivity contribution in [3.05, 3.63) is 35.4 Å². The van der Waals surface area contributed by atoms with Gasteiger partial charge in [0.2, 0.25) is 0 Å². The molecule has 1 saturated heterocycles. The molecule has 1 heterocycles. The first-order chi connectivity index (χ1) is 9.78. The third kappa shape index (κ3) is 4.85. The first-order valence-corrected chi connectivity index (χ1v) is 7.48. The Labute approximate surface area is 121 Å². The number of amides is 1. The highest BCUT2D eigenvalue weighted by Crippen LogP contribution is 2.13. The van der Waals surface area contributed by atoms with Crippen LogP contribution in [-0.4, -0.2) is 37.2 Å². The van der Waals surface area contributed by atoms with Crippen LogP contribution in [0.1, 0.15) is 30.9 Å². The van der Waals surface area contributed by atoms with Crippen molar-refractivity contribution in [2.75, 3.05) is 26.2 Å². The minimum Gasteiger partial charge on any atom is -0.450 e. The van der Waals surface area contributed by atoms with E-state index in [1.807, 2.05) is 0 Å². The molecule has 20 heavy (non-hydrogen) atoms. The molecule has 0 saturated carbocycles. The van der Waals surface area contributed by atoms with Crippen molar-refractivity contribution in [2.24, 2.45) is 0 Å². The van der Waals surface area contributed by atoms with Gasteiger partial charge in [0.1, 0.15) is 0 Å². The summed E-state index contributed by atoms with van der Waals surface area (Å²) in [5.41, 5.74) is 2.61. The number of benzene rings is 1. The van der Waals surface area contributed by atoms with E-state index in [2.05, 4.69) is 34.5 Å². The second-order valence-corrected chi connectivity index (χ2v) is 5.20. The van der Waals surface area contributed by atoms with Gasteiger partial charge in [-0.25, -0.2) is 4.79 Å². The molecule has 1 aliphatic rings. The van der Waals surface area contributed by atoms with Crippen molar-refractivity contribution < 1.29 is 9.53 Å². The number of nitrogens with zero attached hydrogens (tertiary/aromatic N) is 1. The van der Waals surface area contributed by atoms with E-state index in [0.29, 0.717) is 13.2 Å². The lowest BCUT2D eigenvalue weighted by Crippen LogP contribution is -2.26. The summed E-state index contributed by atoms with van der Waals surface area (Å²) in [5.74, 6) is 0. The fourth-order valence-electron chi connectivity index (χ4n) is 2.50. The maximum atomic E-state index is 11.1. The van der Waals surface area contributed by atoms with E-state index in [-0.39, 0.29) is 6.09 Å². The number of nitrogens with one attached hydrogen (secondary N) is 1. The maximum Gasteiger partial charge on any atom is 0.407 e. The number of hydrogen-bond donors (Lipinski definition) is 1. The van der Waals surface area contributed by atoms with Gasteiger partial charge in [-0.3, -0.25) is 4.90 Å². The molecule has 0 bridgehead atoms. The van der Waals surface area contributed by atoms with Gasteiger partial charge in [-0.05, 0) is 50.4 Å². The van der Waals surface area contributed by atoms with Crippen molar-refractivity contribution >= 4 is 6.09 Å². The number of rotatable bonds is 6. The van der Waals surface area contributed by atoms with E-state index >= 15 is 0 Å². The van der Waals surface area contributed by atoms with Gasteiger partial charge in [0.25, 0.3) is 0 Å². The SMILES string of the molecule is CCOC(=O)NCCc1ccc(CN2CCCC2)cc1. The Hall–Kier alpha value is -1.55. The van der Waals surface area contributed by atoms with E-state index in [0.717, 1.165) is 13.0 Å². The van der Waals surface area contributed by atoms with Crippen LogP contribution in [0.2, 0.25) is 0 Å². The number of likely N-dealkylation sites (tertiary alicyclic amines) is 1. The van der Waals surface area contributed by atoms with Crippen molar-refractivity contribution in [3.8, 4) is 0 Å². The summed E-state index contributed by atoms with van der Waals surface area (Å²) in [4.78, 5) is 13.6. The zero-order valence-electron chi connectivity index (χ0n) is 12.2. The first-order valence-electron chi connectivity index (χ1n) is 7.48. The molecule has 1 amide bonds. The van der Waals surface area contributed by atoms with Crippen LogP contribution in [0.3, 0.4) is 0 Å². The van der Waals surface area contributed by atoms with E-state index < -0.39 is 0 Å². The molecule has 1 aromatic carbocycles. The predicted octanol–water partition coefficient (Wildman–Crippen LogP) is 2.57. The molecule has 1 N–H and O–H groups in total. The second-order valence-electron chi connectivity index (χ2n) is 5.20. The molecule has 0 aromatic heterocycles. The van der Waals surface area contributed by atoms with Gasteiger partial charge in [0.15, 0.2) is 0 Å². The maximum absolute atomic E-state index is 11.1. The molecule has 0 aliphatic carbocycles. The van der Waals surface area contributed by atoms with Crippen LogP contribution in [0.25, 0.3) is 0 Å². The van der Waals surface area contributed by atoms with Crippen LogP contribution in [0.4, 0.5) is 4.79 Å². The fourth-order valence-corrected chi connectivity index (χ4v) is 2.50. The van der Waals surface area contributed by atoms with E-state index in [1.54, 1.807) is 6.92 Å². The van der Waals surface area contributed by atoms with Crippen LogP contribution in [-0.2, 0) is 17.7 Å². The Morgan fingerprint density at radius 3 is 2.50 bits per heavy atom. The lowest BCUT2D eigenvalue weighted by molar-refractivity contribution is 0.152. The smallest absolute Gasteiger partial charge is 0.407 e. The Morgan fingerprint density at radius 2 is 1.85 bits per heavy atom. The Kier molecular flexibility index (Phi) is 5.87. The van der Waals surface area contributed by atoms with Crippen molar-refractivity contribution in [1.82, 2.24) is 10.2 Å². The molecular weight excluding hydrogens is 252 g/mol. The predicted molar refractivity (Wildman–Crippen MR) is 79.7 cm³/mol. The summed E-state index contributed by atoms with van der Waals surface area (Å²) in [5, 5.41) is 2.74. The van der Waals surface area contributed by atoms with Gasteiger partial charge >= 0.3 is 6.09 Å². The van der Waals surface area contributed by atoms with Gasteiger partial charge in [0.05, 0.1) is 6.61 Å². The standard InChI is InChI=1S/C16H24N2O2/c1-2-20-16(19)17-10-9-14-5-7-15(8-6-14)13-18-11-3-4-12-18/h5-8H,2-4,9-13H2,1H3,(H,17,19). The zero-order chi connectivity index (χ0) is 14.2. The molecule has 1 aliphatic heterocycles. The topological polar surface area (TPSA) is 41.6 Å². The Morgan fingerprint density at radius 1 is 1.20 bits per heavy atom. The van der Waals surface area contributed by atoms with Crippen molar-refractivity contribution in [1.29, 1.82) is 0 Å². The van der Waals surface area contributed by atoms with Gasteiger partial charge in [-0.1, -0.05) is 24.3 Å². The summed E-state index contributed by atoms with van der Waals surface area (Å²) < 4.78 is 4.82. The molecule has 0 radical (unpaired) electrons. The molecule has 110 valence electrons. The average Bonchev–Trinajstić information content (AvgIpc) is 2.94. The van der Waals surface area contributed by atoms with E-state index in [9.17, 15) is 4.79 Å². The minimum absolute atomic E-state index is 0.335. The van der Waals surface area contributed by atoms with Crippen molar-refractivity contribution in [3.63, 3.8) is 0 Å². The number of alkyl carbamates (subject to hydrolysis) is 1. The first kappa shape index (κ1) is 14.9. The van der Waals surface area contributed by atoms with Crippen LogP contribution in [0.15, 0.2) is 24.3 Å². The van der Waals surface area contributed by atoms with Crippen LogP contribution in [0.5, 0.6) is 0 Å². The molecule has 4 heteroatoms. The lowest BCUT2D eigenvalue weighted by atomic mass is 10.1. The number of carbonyl (C=O) groups is 1. The zero-order valence-corrected chi connectivity index (χ0v) is 12.2. The summed E-state index contributed by atoms with van der Waals surface area (Å²) >= 11 is 0. The molecule has 0 unspecified atom stereocenters. The third-order valence-corrected chi connectivity index (χ3v) is 3.59. The monoisotopic (exact) mass is 276 g/mol. The highest BCUT2D eigenvalue weighted by atomic mass is 16.5. The summed E-state index contributed by atoms with van der Waals surface area (Å²) in [6.07, 6.45) is 3.16. The molecule has 1 aromatic rings. The van der Waals surface area contributed by atoms with Gasteiger partial charge in [-0.15, -0.1) is 0 Å². The molecule has 0 atom stereocenters. The number of ether oxygens (including phenoxy) is 1. The lowest BCUT2D eigenvalue weighted by Gasteiger charge is -2.14. The molecular formula is C16H24N2O2. The second kappa shape index (κ2) is 7.90. The fraction of sp³-hybridized carbons (Fsp3) is 0.562. The summed E-state index contributed by atoms with van der Waals surface area (Å²) in [7, 11) is 0. The van der Waals surface area contributed by atoms with Crippen LogP contribution in [0, 0.1) is 0 Å². The highest BCUT2D eigenvalue weighted by Gasteiger charge is 2.11. The van der Waals surface area contributed by atoms with Gasteiger partial charge in [0, 0.05) is 13.1 Å². The largest absolute Gasteiger partial charge is 0.450 e. The van der Waals surface area contributed by atoms with Gasteiger partial charge < -0.3 is 10.1 Å². The van der Waals surface area contributed by atoms with Crippen LogP contribution < -0.4 is 5.32 Å². The molecule has 1 fully saturated rings. The normalized spacial score (nSPS) is 15.2. The molecule has 0 spiro atoms. The third-order valence-electron chi connectivity index (χ3n) is 3.59. The summed E-state index contributed by atoms with van der Waals surface area (Å²) in [6, 6.07) is 8.69. The van der Waals surface area contributed by atoms with E-state index in [4.69, 9.17) is 4.74 Å². The van der Waals surface area contributed by atoms with Crippen molar-refractivity contribution in [2.45, 2.75) is 32.7 Å².